The summed E-state index contributed by atoms with van der Waals surface area (Å²) in [5.74, 6) is -0.283. The molecule has 0 aromatic heterocycles. The SMILES string of the molecule is COC(=O)C1CCC(C=O)N1. The van der Waals surface area contributed by atoms with Gasteiger partial charge in [0.05, 0.1) is 13.2 Å². The lowest BCUT2D eigenvalue weighted by molar-refractivity contribution is -0.142. The summed E-state index contributed by atoms with van der Waals surface area (Å²) in [7, 11) is 1.35. The molecule has 0 aliphatic carbocycles. The third kappa shape index (κ3) is 1.77. The summed E-state index contributed by atoms with van der Waals surface area (Å²) in [4.78, 5) is 21.1. The van der Waals surface area contributed by atoms with Crippen LogP contribution in [-0.4, -0.2) is 31.4 Å². The van der Waals surface area contributed by atoms with Crippen LogP contribution in [0.4, 0.5) is 0 Å². The number of aldehydes is 1. The molecular formula is C7H11NO3. The van der Waals surface area contributed by atoms with Gasteiger partial charge < -0.3 is 9.53 Å². The van der Waals surface area contributed by atoms with Gasteiger partial charge in [-0.2, -0.15) is 0 Å². The third-order valence-corrected chi connectivity index (χ3v) is 1.83. The monoisotopic (exact) mass is 157 g/mol. The van der Waals surface area contributed by atoms with Crippen LogP contribution in [0.5, 0.6) is 0 Å². The van der Waals surface area contributed by atoms with Crippen LogP contribution >= 0.6 is 0 Å². The van der Waals surface area contributed by atoms with Crippen LogP contribution in [0.25, 0.3) is 0 Å². The third-order valence-electron chi connectivity index (χ3n) is 1.83. The van der Waals surface area contributed by atoms with Crippen LogP contribution in [0.3, 0.4) is 0 Å². The lowest BCUT2D eigenvalue weighted by atomic mass is 10.2. The molecule has 1 saturated heterocycles. The largest absolute Gasteiger partial charge is 0.468 e. The van der Waals surface area contributed by atoms with E-state index in [-0.39, 0.29) is 18.1 Å². The first-order chi connectivity index (χ1) is 5.27. The van der Waals surface area contributed by atoms with Crippen molar-refractivity contribution in [1.29, 1.82) is 0 Å². The van der Waals surface area contributed by atoms with E-state index in [1.807, 2.05) is 0 Å². The summed E-state index contributed by atoms with van der Waals surface area (Å²) >= 11 is 0. The summed E-state index contributed by atoms with van der Waals surface area (Å²) in [6.45, 7) is 0. The molecule has 0 saturated carbocycles. The Morgan fingerprint density at radius 2 is 2.36 bits per heavy atom. The smallest absolute Gasteiger partial charge is 0.322 e. The molecular weight excluding hydrogens is 146 g/mol. The first kappa shape index (κ1) is 8.20. The molecule has 1 aliphatic rings. The zero-order valence-corrected chi connectivity index (χ0v) is 6.37. The minimum atomic E-state index is -0.283. The molecule has 0 radical (unpaired) electrons. The molecule has 2 unspecified atom stereocenters. The average Bonchev–Trinajstić information content (AvgIpc) is 2.50. The van der Waals surface area contributed by atoms with E-state index in [1.165, 1.54) is 7.11 Å². The highest BCUT2D eigenvalue weighted by atomic mass is 16.5. The number of esters is 1. The van der Waals surface area contributed by atoms with Gasteiger partial charge in [0, 0.05) is 0 Å². The van der Waals surface area contributed by atoms with E-state index in [2.05, 4.69) is 10.1 Å². The second-order valence-electron chi connectivity index (χ2n) is 2.56. The van der Waals surface area contributed by atoms with E-state index in [0.29, 0.717) is 6.42 Å². The van der Waals surface area contributed by atoms with Crippen molar-refractivity contribution in [3.63, 3.8) is 0 Å². The molecule has 0 amide bonds. The van der Waals surface area contributed by atoms with Crippen LogP contribution < -0.4 is 5.32 Å². The summed E-state index contributed by atoms with van der Waals surface area (Å²) in [6, 6.07) is -0.450. The minimum Gasteiger partial charge on any atom is -0.468 e. The van der Waals surface area contributed by atoms with E-state index >= 15 is 0 Å². The fourth-order valence-corrected chi connectivity index (χ4v) is 1.21. The Kier molecular flexibility index (Phi) is 2.59. The van der Waals surface area contributed by atoms with Crippen LogP contribution in [-0.2, 0) is 14.3 Å². The summed E-state index contributed by atoms with van der Waals surface area (Å²) in [5.41, 5.74) is 0. The number of methoxy groups -OCH3 is 1. The van der Waals surface area contributed by atoms with Gasteiger partial charge >= 0.3 is 5.97 Å². The highest BCUT2D eigenvalue weighted by molar-refractivity contribution is 5.77. The van der Waals surface area contributed by atoms with Crippen LogP contribution in [0, 0.1) is 0 Å². The molecule has 1 fully saturated rings. The topological polar surface area (TPSA) is 55.4 Å². The quantitative estimate of drug-likeness (QED) is 0.433. The highest BCUT2D eigenvalue weighted by Crippen LogP contribution is 2.11. The van der Waals surface area contributed by atoms with Crippen LogP contribution in [0.2, 0.25) is 0 Å². The van der Waals surface area contributed by atoms with Crippen molar-refractivity contribution in [2.45, 2.75) is 24.9 Å². The van der Waals surface area contributed by atoms with E-state index in [9.17, 15) is 9.59 Å². The summed E-state index contributed by atoms with van der Waals surface area (Å²) < 4.78 is 4.51. The van der Waals surface area contributed by atoms with Gasteiger partial charge in [-0.1, -0.05) is 0 Å². The van der Waals surface area contributed by atoms with Gasteiger partial charge in [0.2, 0.25) is 0 Å². The molecule has 1 N–H and O–H groups in total. The number of ether oxygens (including phenoxy) is 1. The summed E-state index contributed by atoms with van der Waals surface area (Å²) in [5, 5.41) is 2.85. The molecule has 2 atom stereocenters. The first-order valence-corrected chi connectivity index (χ1v) is 3.57. The fraction of sp³-hybridized carbons (Fsp3) is 0.714. The lowest BCUT2D eigenvalue weighted by Gasteiger charge is -2.07. The van der Waals surface area contributed by atoms with Gasteiger partial charge in [0.1, 0.15) is 12.3 Å². The molecule has 1 rings (SSSR count). The van der Waals surface area contributed by atoms with Gasteiger partial charge in [0.25, 0.3) is 0 Å². The Bertz CT molecular complexity index is 169. The maximum atomic E-state index is 10.9. The van der Waals surface area contributed by atoms with Gasteiger partial charge in [-0.25, -0.2) is 0 Å². The molecule has 0 bridgehead atoms. The van der Waals surface area contributed by atoms with E-state index in [0.717, 1.165) is 12.7 Å². The van der Waals surface area contributed by atoms with Crippen LogP contribution in [0.1, 0.15) is 12.8 Å². The van der Waals surface area contributed by atoms with E-state index in [4.69, 9.17) is 0 Å². The number of carbonyl (C=O) groups is 2. The molecule has 1 heterocycles. The molecule has 0 aromatic carbocycles. The normalized spacial score (nSPS) is 29.9. The Morgan fingerprint density at radius 3 is 2.82 bits per heavy atom. The Balaban J connectivity index is 2.41. The minimum absolute atomic E-state index is 0.168. The van der Waals surface area contributed by atoms with Crippen molar-refractivity contribution in [2.75, 3.05) is 7.11 Å². The number of carbonyl (C=O) groups excluding carboxylic acids is 2. The number of rotatable bonds is 2. The number of hydrogen-bond acceptors (Lipinski definition) is 4. The standard InChI is InChI=1S/C7H11NO3/c1-11-7(10)6-3-2-5(4-9)8-6/h4-6,8H,2-3H2,1H3. The zero-order chi connectivity index (χ0) is 8.27. The lowest BCUT2D eigenvalue weighted by Crippen LogP contribution is -2.36. The molecule has 11 heavy (non-hydrogen) atoms. The van der Waals surface area contributed by atoms with Crippen LogP contribution in [0.15, 0.2) is 0 Å². The van der Waals surface area contributed by atoms with Gasteiger partial charge in [-0.3, -0.25) is 10.1 Å². The molecule has 62 valence electrons. The van der Waals surface area contributed by atoms with Gasteiger partial charge in [0.15, 0.2) is 0 Å². The summed E-state index contributed by atoms with van der Waals surface area (Å²) in [6.07, 6.45) is 2.24. The molecule has 1 aliphatic heterocycles. The predicted molar refractivity (Wildman–Crippen MR) is 38.0 cm³/mol. The van der Waals surface area contributed by atoms with Crippen molar-refractivity contribution >= 4 is 12.3 Å². The second kappa shape index (κ2) is 3.48. The van der Waals surface area contributed by atoms with Crippen molar-refractivity contribution < 1.29 is 14.3 Å². The Hall–Kier alpha value is -0.900. The molecule has 0 spiro atoms. The van der Waals surface area contributed by atoms with E-state index < -0.39 is 0 Å². The zero-order valence-electron chi connectivity index (χ0n) is 6.37. The fourth-order valence-electron chi connectivity index (χ4n) is 1.21. The predicted octanol–water partition coefficient (Wildman–Crippen LogP) is -0.521. The van der Waals surface area contributed by atoms with Crippen molar-refractivity contribution in [2.24, 2.45) is 0 Å². The number of nitrogens with one attached hydrogen (secondary N) is 1. The molecule has 0 aromatic rings. The van der Waals surface area contributed by atoms with Crippen molar-refractivity contribution in [3.05, 3.63) is 0 Å². The van der Waals surface area contributed by atoms with Crippen molar-refractivity contribution in [3.8, 4) is 0 Å². The maximum Gasteiger partial charge on any atom is 0.322 e. The molecule has 4 nitrogen and oxygen atoms in total. The Morgan fingerprint density at radius 1 is 1.64 bits per heavy atom. The maximum absolute atomic E-state index is 10.9. The van der Waals surface area contributed by atoms with E-state index in [1.54, 1.807) is 0 Å². The van der Waals surface area contributed by atoms with Crippen molar-refractivity contribution in [1.82, 2.24) is 5.32 Å². The Labute approximate surface area is 64.9 Å². The average molecular weight is 157 g/mol. The number of hydrogen-bond donors (Lipinski definition) is 1. The second-order valence-corrected chi connectivity index (χ2v) is 2.56. The van der Waals surface area contributed by atoms with Gasteiger partial charge in [-0.05, 0) is 12.8 Å². The highest BCUT2D eigenvalue weighted by Gasteiger charge is 2.28. The molecule has 4 heteroatoms. The van der Waals surface area contributed by atoms with Gasteiger partial charge in [-0.15, -0.1) is 0 Å². The first-order valence-electron chi connectivity index (χ1n) is 3.57.